The van der Waals surface area contributed by atoms with Crippen LogP contribution >= 0.6 is 0 Å². The topological polar surface area (TPSA) is 95.4 Å². The number of nitrogens with zero attached hydrogens (tertiary/aromatic N) is 4. The molecule has 0 radical (unpaired) electrons. The Morgan fingerprint density at radius 1 is 1.17 bits per heavy atom. The molecule has 0 unspecified atom stereocenters. The van der Waals surface area contributed by atoms with Crippen LogP contribution in [-0.4, -0.2) is 41.5 Å². The van der Waals surface area contributed by atoms with Crippen molar-refractivity contribution in [3.63, 3.8) is 0 Å². The largest absolute Gasteiger partial charge is 0.448 e. The van der Waals surface area contributed by atoms with Gasteiger partial charge in [-0.25, -0.2) is 4.79 Å². The fraction of sp³-hybridized carbons (Fsp3) is 0.364. The summed E-state index contributed by atoms with van der Waals surface area (Å²) in [6.07, 6.45) is -0.253. The van der Waals surface area contributed by atoms with E-state index in [1.807, 2.05) is 24.3 Å². The van der Waals surface area contributed by atoms with Crippen LogP contribution in [0.4, 0.5) is 4.79 Å². The van der Waals surface area contributed by atoms with Crippen molar-refractivity contribution < 1.29 is 14.3 Å². The molecule has 0 bridgehead atoms. The minimum Gasteiger partial charge on any atom is -0.448 e. The SMILES string of the molecule is CC(=O)[C@@]1(C)C[C@H](N=[N+]=[N-])CN1C(=O)OCC1c2ccccc2-c2ccccc21. The Bertz CT molecular complexity index is 985. The molecule has 7 heteroatoms. The maximum absolute atomic E-state index is 12.9. The molecule has 0 aromatic heterocycles. The number of likely N-dealkylation sites (tertiary alicyclic amines) is 1. The minimum atomic E-state index is -1.03. The van der Waals surface area contributed by atoms with Crippen LogP contribution in [-0.2, 0) is 9.53 Å². The summed E-state index contributed by atoms with van der Waals surface area (Å²) in [5, 5.41) is 3.71. The van der Waals surface area contributed by atoms with Crippen molar-refractivity contribution >= 4 is 11.9 Å². The summed E-state index contributed by atoms with van der Waals surface area (Å²) in [5.41, 5.74) is 12.3. The number of fused-ring (bicyclic) bond motifs is 3. The maximum atomic E-state index is 12.9. The first kappa shape index (κ1) is 19.0. The summed E-state index contributed by atoms with van der Waals surface area (Å²) in [6, 6.07) is 15.8. The molecular weight excluding hydrogens is 368 g/mol. The van der Waals surface area contributed by atoms with Crippen molar-refractivity contribution in [1.29, 1.82) is 0 Å². The first-order valence-electron chi connectivity index (χ1n) is 9.63. The normalized spacial score (nSPS) is 22.6. The van der Waals surface area contributed by atoms with E-state index in [0.29, 0.717) is 6.42 Å². The van der Waals surface area contributed by atoms with E-state index < -0.39 is 17.7 Å². The van der Waals surface area contributed by atoms with Gasteiger partial charge in [0, 0.05) is 17.4 Å². The lowest BCUT2D eigenvalue weighted by atomic mass is 9.93. The second-order valence-electron chi connectivity index (χ2n) is 7.81. The number of Topliss-reactive ketones (excluding diaryl/α,β-unsaturated/α-hetero) is 1. The number of rotatable bonds is 4. The zero-order valence-electron chi connectivity index (χ0n) is 16.4. The number of hydrogen-bond acceptors (Lipinski definition) is 4. The van der Waals surface area contributed by atoms with Crippen LogP contribution in [0.3, 0.4) is 0 Å². The van der Waals surface area contributed by atoms with Gasteiger partial charge in [0.1, 0.15) is 12.1 Å². The Morgan fingerprint density at radius 2 is 1.76 bits per heavy atom. The van der Waals surface area contributed by atoms with E-state index >= 15 is 0 Å². The van der Waals surface area contributed by atoms with E-state index in [0.717, 1.165) is 22.3 Å². The third-order valence-corrected chi connectivity index (χ3v) is 6.15. The van der Waals surface area contributed by atoms with Crippen LogP contribution < -0.4 is 0 Å². The molecule has 1 aliphatic heterocycles. The lowest BCUT2D eigenvalue weighted by Gasteiger charge is -2.32. The second-order valence-corrected chi connectivity index (χ2v) is 7.81. The minimum absolute atomic E-state index is 0.0505. The van der Waals surface area contributed by atoms with E-state index in [1.165, 1.54) is 11.8 Å². The van der Waals surface area contributed by atoms with Crippen molar-refractivity contribution in [3.05, 3.63) is 70.1 Å². The van der Waals surface area contributed by atoms with Gasteiger partial charge in [0.05, 0.1) is 6.04 Å². The highest BCUT2D eigenvalue weighted by Gasteiger charge is 2.48. The molecule has 2 aliphatic rings. The van der Waals surface area contributed by atoms with Gasteiger partial charge >= 0.3 is 6.09 Å². The van der Waals surface area contributed by atoms with Crippen molar-refractivity contribution in [1.82, 2.24) is 4.90 Å². The number of ether oxygens (including phenoxy) is 1. The van der Waals surface area contributed by atoms with Gasteiger partial charge in [-0.1, -0.05) is 53.6 Å². The molecule has 4 rings (SSSR count). The van der Waals surface area contributed by atoms with Gasteiger partial charge in [-0.3, -0.25) is 9.69 Å². The molecule has 2 aromatic carbocycles. The van der Waals surface area contributed by atoms with Gasteiger partial charge in [0.15, 0.2) is 5.78 Å². The highest BCUT2D eigenvalue weighted by molar-refractivity contribution is 5.90. The number of carbonyl (C=O) groups excluding carboxylic acids is 2. The number of hydrogen-bond donors (Lipinski definition) is 0. The number of ketones is 1. The molecule has 29 heavy (non-hydrogen) atoms. The van der Waals surface area contributed by atoms with Gasteiger partial charge in [-0.05, 0) is 48.1 Å². The highest BCUT2D eigenvalue weighted by Crippen LogP contribution is 2.44. The number of azide groups is 1. The zero-order valence-corrected chi connectivity index (χ0v) is 16.4. The Kier molecular flexibility index (Phi) is 4.76. The van der Waals surface area contributed by atoms with Crippen LogP contribution in [0.25, 0.3) is 21.6 Å². The predicted octanol–water partition coefficient (Wildman–Crippen LogP) is 4.67. The summed E-state index contributed by atoms with van der Waals surface area (Å²) < 4.78 is 5.70. The molecule has 2 atom stereocenters. The summed E-state index contributed by atoms with van der Waals surface area (Å²) in [6.45, 7) is 3.51. The first-order valence-corrected chi connectivity index (χ1v) is 9.63. The van der Waals surface area contributed by atoms with E-state index in [2.05, 4.69) is 34.3 Å². The average molecular weight is 390 g/mol. The molecule has 7 nitrogen and oxygen atoms in total. The smallest absolute Gasteiger partial charge is 0.410 e. The Hall–Kier alpha value is -3.31. The fourth-order valence-electron chi connectivity index (χ4n) is 4.48. The van der Waals surface area contributed by atoms with E-state index in [9.17, 15) is 9.59 Å². The molecule has 1 aliphatic carbocycles. The fourth-order valence-corrected chi connectivity index (χ4v) is 4.48. The average Bonchev–Trinajstić information content (AvgIpc) is 3.22. The third kappa shape index (κ3) is 3.13. The van der Waals surface area contributed by atoms with Crippen molar-refractivity contribution in [2.24, 2.45) is 5.11 Å². The van der Waals surface area contributed by atoms with Gasteiger partial charge in [0.2, 0.25) is 0 Å². The Morgan fingerprint density at radius 3 is 2.31 bits per heavy atom. The molecule has 2 aromatic rings. The zero-order chi connectivity index (χ0) is 20.6. The molecule has 0 N–H and O–H groups in total. The molecule has 1 saturated heterocycles. The Labute approximate surface area is 168 Å². The van der Waals surface area contributed by atoms with E-state index in [4.69, 9.17) is 10.3 Å². The molecule has 1 fully saturated rings. The van der Waals surface area contributed by atoms with E-state index in [-0.39, 0.29) is 24.9 Å². The monoisotopic (exact) mass is 390 g/mol. The first-order chi connectivity index (χ1) is 14.0. The lowest BCUT2D eigenvalue weighted by molar-refractivity contribution is -0.125. The molecule has 1 amide bonds. The standard InChI is InChI=1S/C22H22N4O3/c1-14(27)22(2)11-15(24-25-23)12-26(22)21(28)29-13-20-18-9-5-3-7-16(18)17-8-4-6-10-19(17)20/h3-10,15,20H,11-13H2,1-2H3/t15-,22+/m0/s1. The Balaban J connectivity index is 1.55. The van der Waals surface area contributed by atoms with Crippen molar-refractivity contribution in [3.8, 4) is 11.1 Å². The van der Waals surface area contributed by atoms with Gasteiger partial charge in [-0.2, -0.15) is 0 Å². The molecule has 1 heterocycles. The van der Waals surface area contributed by atoms with Gasteiger partial charge in [0.25, 0.3) is 0 Å². The maximum Gasteiger partial charge on any atom is 0.410 e. The van der Waals surface area contributed by atoms with E-state index in [1.54, 1.807) is 6.92 Å². The quantitative estimate of drug-likeness (QED) is 0.431. The summed E-state index contributed by atoms with van der Waals surface area (Å²) in [4.78, 5) is 29.4. The van der Waals surface area contributed by atoms with Crippen LogP contribution in [0.1, 0.15) is 37.3 Å². The van der Waals surface area contributed by atoms with Crippen LogP contribution in [0.2, 0.25) is 0 Å². The summed E-state index contributed by atoms with van der Waals surface area (Å²) >= 11 is 0. The molecular formula is C22H22N4O3. The summed E-state index contributed by atoms with van der Waals surface area (Å²) in [7, 11) is 0. The van der Waals surface area contributed by atoms with Gasteiger partial charge in [-0.15, -0.1) is 0 Å². The van der Waals surface area contributed by atoms with Crippen molar-refractivity contribution in [2.45, 2.75) is 37.8 Å². The van der Waals surface area contributed by atoms with Crippen LogP contribution in [0, 0.1) is 0 Å². The number of benzene rings is 2. The number of amides is 1. The molecule has 0 spiro atoms. The number of carbonyl (C=O) groups is 2. The summed E-state index contributed by atoms with van der Waals surface area (Å²) in [5.74, 6) is -0.202. The highest BCUT2D eigenvalue weighted by atomic mass is 16.6. The van der Waals surface area contributed by atoms with Gasteiger partial charge < -0.3 is 4.74 Å². The molecule has 0 saturated carbocycles. The second kappa shape index (κ2) is 7.26. The molecule has 148 valence electrons. The third-order valence-electron chi connectivity index (χ3n) is 6.15. The predicted molar refractivity (Wildman–Crippen MR) is 108 cm³/mol. The lowest BCUT2D eigenvalue weighted by Crippen LogP contribution is -2.50. The van der Waals surface area contributed by atoms with Crippen molar-refractivity contribution in [2.75, 3.05) is 13.2 Å². The van der Waals surface area contributed by atoms with Crippen LogP contribution in [0.5, 0.6) is 0 Å². The van der Waals surface area contributed by atoms with Crippen LogP contribution in [0.15, 0.2) is 53.6 Å².